The Labute approximate surface area is 125 Å². The van der Waals surface area contributed by atoms with Crippen LogP contribution >= 0.6 is 0 Å². The lowest BCUT2D eigenvalue weighted by atomic mass is 9.87. The van der Waals surface area contributed by atoms with E-state index < -0.39 is 0 Å². The molecule has 0 aliphatic heterocycles. The fraction of sp³-hybridized carbons (Fsp3) is 0.235. The first-order valence-corrected chi connectivity index (χ1v) is 6.42. The summed E-state index contributed by atoms with van der Waals surface area (Å²) < 4.78 is 0. The van der Waals surface area contributed by atoms with Gasteiger partial charge in [0.2, 0.25) is 0 Å². The Morgan fingerprint density at radius 3 is 1.67 bits per heavy atom. The van der Waals surface area contributed by atoms with Gasteiger partial charge in [-0.3, -0.25) is 0 Å². The summed E-state index contributed by atoms with van der Waals surface area (Å²) >= 11 is 0. The van der Waals surface area contributed by atoms with Crippen LogP contribution in [0.25, 0.3) is 0 Å². The zero-order valence-electron chi connectivity index (χ0n) is 12.7. The number of carbonyl (C=O) groups is 1. The third-order valence-electron chi connectivity index (χ3n) is 2.58. The number of benzene rings is 2. The predicted molar refractivity (Wildman–Crippen MR) is 86.4 cm³/mol. The highest BCUT2D eigenvalue weighted by Crippen LogP contribution is 2.24. The third-order valence-corrected chi connectivity index (χ3v) is 2.58. The second kappa shape index (κ2) is 8.64. The Balaban J connectivity index is 0.000000354. The van der Waals surface area contributed by atoms with Crippen molar-refractivity contribution < 1.29 is 15.0 Å². The Morgan fingerprint density at radius 1 is 0.905 bits per heavy atom. The van der Waals surface area contributed by atoms with E-state index in [1.54, 1.807) is 30.3 Å². The molecule has 4 heteroatoms. The van der Waals surface area contributed by atoms with Crippen LogP contribution in [-0.4, -0.2) is 17.0 Å². The summed E-state index contributed by atoms with van der Waals surface area (Å²) in [5.74, 6) is 0.558. The molecule has 0 spiro atoms. The van der Waals surface area contributed by atoms with Crippen molar-refractivity contribution in [1.29, 1.82) is 0 Å². The van der Waals surface area contributed by atoms with Crippen molar-refractivity contribution in [2.75, 3.05) is 5.73 Å². The van der Waals surface area contributed by atoms with Crippen LogP contribution < -0.4 is 5.73 Å². The maximum absolute atomic E-state index is 9.18. The fourth-order valence-corrected chi connectivity index (χ4v) is 1.50. The topological polar surface area (TPSA) is 83.5 Å². The number of phenols is 2. The van der Waals surface area contributed by atoms with Gasteiger partial charge in [0.15, 0.2) is 0 Å². The van der Waals surface area contributed by atoms with Crippen LogP contribution in [0.1, 0.15) is 26.3 Å². The van der Waals surface area contributed by atoms with Crippen molar-refractivity contribution in [2.24, 2.45) is 0 Å². The predicted octanol–water partition coefficient (Wildman–Crippen LogP) is 3.48. The molecule has 0 amide bonds. The van der Waals surface area contributed by atoms with Crippen molar-refractivity contribution in [3.63, 3.8) is 0 Å². The molecule has 0 aliphatic carbocycles. The molecule has 0 aliphatic rings. The van der Waals surface area contributed by atoms with Gasteiger partial charge in [0.1, 0.15) is 18.3 Å². The smallest absolute Gasteiger partial charge is 0.117 e. The summed E-state index contributed by atoms with van der Waals surface area (Å²) in [6, 6.07) is 13.9. The largest absolute Gasteiger partial charge is 0.508 e. The van der Waals surface area contributed by atoms with Gasteiger partial charge in [-0.05, 0) is 35.2 Å². The second-order valence-corrected chi connectivity index (χ2v) is 5.40. The maximum Gasteiger partial charge on any atom is 0.117 e. The lowest BCUT2D eigenvalue weighted by molar-refractivity contribution is -0.0979. The number of hydrogen-bond acceptors (Lipinski definition) is 4. The van der Waals surface area contributed by atoms with E-state index in [1.165, 1.54) is 6.07 Å². The molecule has 0 saturated carbocycles. The zero-order chi connectivity index (χ0) is 16.5. The molecule has 0 fully saturated rings. The van der Waals surface area contributed by atoms with E-state index in [-0.39, 0.29) is 11.2 Å². The first kappa shape index (κ1) is 18.5. The quantitative estimate of drug-likeness (QED) is 0.648. The van der Waals surface area contributed by atoms with Crippen LogP contribution in [0.3, 0.4) is 0 Å². The van der Waals surface area contributed by atoms with E-state index in [0.29, 0.717) is 11.4 Å². The summed E-state index contributed by atoms with van der Waals surface area (Å²) in [6.45, 7) is 8.38. The summed E-state index contributed by atoms with van der Waals surface area (Å²) in [5.41, 5.74) is 7.17. The summed E-state index contributed by atoms with van der Waals surface area (Å²) in [5, 5.41) is 17.9. The molecule has 2 aromatic carbocycles. The van der Waals surface area contributed by atoms with Gasteiger partial charge in [0.05, 0.1) is 0 Å². The molecule has 0 unspecified atom stereocenters. The van der Waals surface area contributed by atoms with Crippen molar-refractivity contribution >= 4 is 12.5 Å². The number of carbonyl (C=O) groups excluding carboxylic acids is 1. The minimum Gasteiger partial charge on any atom is -0.508 e. The van der Waals surface area contributed by atoms with Crippen molar-refractivity contribution in [1.82, 2.24) is 0 Å². The summed E-state index contributed by atoms with van der Waals surface area (Å²) in [4.78, 5) is 8.00. The van der Waals surface area contributed by atoms with Gasteiger partial charge in [-0.2, -0.15) is 0 Å². The first-order chi connectivity index (χ1) is 9.79. The Bertz CT molecular complexity index is 530. The summed E-state index contributed by atoms with van der Waals surface area (Å²) in [7, 11) is 0. The monoisotopic (exact) mass is 289 g/mol. The molecule has 0 atom stereocenters. The first-order valence-electron chi connectivity index (χ1n) is 6.42. The number of anilines is 1. The fourth-order valence-electron chi connectivity index (χ4n) is 1.50. The molecule has 21 heavy (non-hydrogen) atoms. The number of rotatable bonds is 0. The maximum atomic E-state index is 9.18. The van der Waals surface area contributed by atoms with E-state index in [9.17, 15) is 5.11 Å². The molecule has 2 aromatic rings. The summed E-state index contributed by atoms with van der Waals surface area (Å²) in [6.07, 6.45) is 0. The van der Waals surface area contributed by atoms with E-state index in [1.807, 2.05) is 18.9 Å². The van der Waals surface area contributed by atoms with E-state index >= 15 is 0 Å². The Hall–Kier alpha value is -2.49. The molecular weight excluding hydrogens is 266 g/mol. The molecule has 0 heterocycles. The zero-order valence-corrected chi connectivity index (χ0v) is 12.7. The molecular formula is C17H23NO3. The van der Waals surface area contributed by atoms with Crippen molar-refractivity contribution in [3.8, 4) is 11.5 Å². The number of hydrogen-bond donors (Lipinski definition) is 3. The Morgan fingerprint density at radius 2 is 1.38 bits per heavy atom. The number of nitrogen functional groups attached to an aromatic ring is 1. The van der Waals surface area contributed by atoms with Crippen LogP contribution in [0.15, 0.2) is 48.5 Å². The van der Waals surface area contributed by atoms with Gasteiger partial charge in [-0.15, -0.1) is 0 Å². The molecule has 0 radical (unpaired) electrons. The average Bonchev–Trinajstić information content (AvgIpc) is 2.40. The van der Waals surface area contributed by atoms with Crippen LogP contribution in [0.2, 0.25) is 0 Å². The minimum absolute atomic E-state index is 0.124. The highest BCUT2D eigenvalue weighted by atomic mass is 16.3. The van der Waals surface area contributed by atoms with Gasteiger partial charge in [0.25, 0.3) is 0 Å². The molecule has 4 N–H and O–H groups in total. The highest BCUT2D eigenvalue weighted by Gasteiger charge is 2.12. The van der Waals surface area contributed by atoms with Crippen molar-refractivity contribution in [2.45, 2.75) is 26.2 Å². The second-order valence-electron chi connectivity index (χ2n) is 5.40. The lowest BCUT2D eigenvalue weighted by Gasteiger charge is -2.18. The lowest BCUT2D eigenvalue weighted by Crippen LogP contribution is -2.10. The van der Waals surface area contributed by atoms with Crippen LogP contribution in [-0.2, 0) is 10.2 Å². The number of phenolic OH excluding ortho intramolecular Hbond substituents is 2. The molecule has 114 valence electrons. The van der Waals surface area contributed by atoms with Gasteiger partial charge in [0, 0.05) is 11.8 Å². The molecule has 4 nitrogen and oxygen atoms in total. The average molecular weight is 289 g/mol. The Kier molecular flexibility index (Phi) is 7.61. The van der Waals surface area contributed by atoms with Gasteiger partial charge in [-0.25, -0.2) is 0 Å². The van der Waals surface area contributed by atoms with E-state index in [4.69, 9.17) is 15.6 Å². The SMILES string of the molecule is C=O.CC(C)(C)c1cccc(O)c1.Nc1cccc(O)c1. The van der Waals surface area contributed by atoms with Crippen LogP contribution in [0, 0.1) is 0 Å². The van der Waals surface area contributed by atoms with E-state index in [0.717, 1.165) is 5.56 Å². The standard InChI is InChI=1S/C10H14O.C6H7NO.CH2O/c1-10(2,3)8-5-4-6-9(11)7-8;7-5-2-1-3-6(8)4-5;1-2/h4-7,11H,1-3H3;1-4,8H,7H2;1H2. The molecule has 2 rings (SSSR count). The molecule has 0 saturated heterocycles. The molecule has 0 aromatic heterocycles. The third kappa shape index (κ3) is 7.62. The van der Waals surface area contributed by atoms with Gasteiger partial charge >= 0.3 is 0 Å². The molecule has 0 bridgehead atoms. The van der Waals surface area contributed by atoms with Crippen molar-refractivity contribution in [3.05, 3.63) is 54.1 Å². The highest BCUT2D eigenvalue weighted by molar-refractivity contribution is 5.42. The minimum atomic E-state index is 0.124. The van der Waals surface area contributed by atoms with Gasteiger partial charge in [-0.1, -0.05) is 39.0 Å². The van der Waals surface area contributed by atoms with Crippen LogP contribution in [0.4, 0.5) is 5.69 Å². The number of nitrogens with two attached hydrogens (primary N) is 1. The van der Waals surface area contributed by atoms with Crippen LogP contribution in [0.5, 0.6) is 11.5 Å². The number of aromatic hydroxyl groups is 2. The van der Waals surface area contributed by atoms with E-state index in [2.05, 4.69) is 20.8 Å². The van der Waals surface area contributed by atoms with Gasteiger partial charge < -0.3 is 20.7 Å². The normalized spacial score (nSPS) is 9.67.